The number of H-pyrrole nitrogens is 1. The highest BCUT2D eigenvalue weighted by molar-refractivity contribution is 7.89. The lowest BCUT2D eigenvalue weighted by atomic mass is 9.99. The van der Waals surface area contributed by atoms with Crippen LogP contribution in [0.4, 0.5) is 0 Å². The normalized spacial score (nSPS) is 17.4. The van der Waals surface area contributed by atoms with Crippen LogP contribution in [-0.4, -0.2) is 50.8 Å². The number of hydrogen-bond acceptors (Lipinski definition) is 6. The predicted molar refractivity (Wildman–Crippen MR) is 123 cm³/mol. The van der Waals surface area contributed by atoms with Crippen molar-refractivity contribution in [3.63, 3.8) is 0 Å². The second-order valence-electron chi connectivity index (χ2n) is 8.37. The average Bonchev–Trinajstić information content (AvgIpc) is 3.23. The summed E-state index contributed by atoms with van der Waals surface area (Å²) in [5.41, 5.74) is 2.22. The zero-order valence-corrected chi connectivity index (χ0v) is 19.0. The van der Waals surface area contributed by atoms with Crippen molar-refractivity contribution >= 4 is 21.2 Å². The Morgan fingerprint density at radius 3 is 2.61 bits per heavy atom. The molecule has 4 aromatic rings. The first kappa shape index (κ1) is 21.5. The summed E-state index contributed by atoms with van der Waals surface area (Å²) in [6.07, 6.45) is 1.41. The summed E-state index contributed by atoms with van der Waals surface area (Å²) in [6.45, 7) is 3.05. The van der Waals surface area contributed by atoms with Crippen LogP contribution in [0, 0.1) is 6.92 Å². The third kappa shape index (κ3) is 4.19. The zero-order valence-electron chi connectivity index (χ0n) is 18.2. The highest BCUT2D eigenvalue weighted by Crippen LogP contribution is 2.29. The molecule has 2 aromatic heterocycles. The average molecular weight is 465 g/mol. The Bertz CT molecular complexity index is 1450. The van der Waals surface area contributed by atoms with Crippen LogP contribution in [0.5, 0.6) is 0 Å². The van der Waals surface area contributed by atoms with E-state index in [2.05, 4.69) is 20.3 Å². The van der Waals surface area contributed by atoms with Crippen LogP contribution in [0.15, 0.2) is 64.3 Å². The summed E-state index contributed by atoms with van der Waals surface area (Å²) >= 11 is 0. The summed E-state index contributed by atoms with van der Waals surface area (Å²) in [5, 5.41) is 8.12. The van der Waals surface area contributed by atoms with E-state index >= 15 is 0 Å². The number of piperidine rings is 1. The topological polar surface area (TPSA) is 114 Å². The number of hydrogen-bond donors (Lipinski definition) is 1. The molecular formula is C23H24N6O3S. The Balaban J connectivity index is 1.45. The first-order valence-corrected chi connectivity index (χ1v) is 12.3. The van der Waals surface area contributed by atoms with E-state index in [-0.39, 0.29) is 28.4 Å². The molecule has 10 heteroatoms. The number of nitrogens with one attached hydrogen (secondary N) is 1. The molecule has 0 bridgehead atoms. The number of sulfonamides is 1. The van der Waals surface area contributed by atoms with Crippen molar-refractivity contribution in [2.45, 2.75) is 37.1 Å². The van der Waals surface area contributed by atoms with Gasteiger partial charge >= 0.3 is 0 Å². The number of nitrogens with zero attached hydrogens (tertiary/aromatic N) is 5. The first-order valence-electron chi connectivity index (χ1n) is 10.9. The molecular weight excluding hydrogens is 440 g/mol. The number of aromatic amines is 1. The summed E-state index contributed by atoms with van der Waals surface area (Å²) in [5.74, 6) is 0.240. The molecule has 0 spiro atoms. The van der Waals surface area contributed by atoms with E-state index in [1.54, 1.807) is 28.9 Å². The summed E-state index contributed by atoms with van der Waals surface area (Å²) < 4.78 is 29.4. The van der Waals surface area contributed by atoms with E-state index in [4.69, 9.17) is 0 Å². The summed E-state index contributed by atoms with van der Waals surface area (Å²) in [7, 11) is -3.63. The van der Waals surface area contributed by atoms with E-state index in [0.717, 1.165) is 17.5 Å². The van der Waals surface area contributed by atoms with Gasteiger partial charge in [-0.05, 0) is 37.5 Å². The standard InChI is InChI=1S/C23H24N6O3S/c1-16-9-11-19(12-10-16)33(31,32)28-13-5-8-18(15-28)21-24-22-20(23(30)25-21)26-27-29(22)14-17-6-3-2-4-7-17/h2-4,6-7,9-12,18H,5,8,13-15H2,1H3,(H,24,25,30)/t18-/m0/s1. The molecule has 9 nitrogen and oxygen atoms in total. The minimum absolute atomic E-state index is 0.176. The molecule has 2 aromatic carbocycles. The quantitative estimate of drug-likeness (QED) is 0.485. The molecule has 0 unspecified atom stereocenters. The van der Waals surface area contributed by atoms with Gasteiger partial charge in [0.05, 0.1) is 11.4 Å². The highest BCUT2D eigenvalue weighted by Gasteiger charge is 2.32. The minimum atomic E-state index is -3.63. The molecule has 0 aliphatic carbocycles. The van der Waals surface area contributed by atoms with Gasteiger partial charge in [-0.2, -0.15) is 4.31 Å². The summed E-state index contributed by atoms with van der Waals surface area (Å²) in [6, 6.07) is 16.6. The van der Waals surface area contributed by atoms with Gasteiger partial charge in [-0.15, -0.1) is 5.10 Å². The molecule has 0 radical (unpaired) electrons. The number of fused-ring (bicyclic) bond motifs is 1. The lowest BCUT2D eigenvalue weighted by Gasteiger charge is -2.31. The maximum Gasteiger partial charge on any atom is 0.281 e. The molecule has 1 saturated heterocycles. The fraction of sp³-hybridized carbons (Fsp3) is 0.304. The molecule has 1 atom stereocenters. The molecule has 1 fully saturated rings. The van der Waals surface area contributed by atoms with Crippen molar-refractivity contribution in [1.82, 2.24) is 29.3 Å². The van der Waals surface area contributed by atoms with Gasteiger partial charge in [-0.1, -0.05) is 53.2 Å². The van der Waals surface area contributed by atoms with Crippen LogP contribution < -0.4 is 5.56 Å². The summed E-state index contributed by atoms with van der Waals surface area (Å²) in [4.78, 5) is 20.5. The number of aromatic nitrogens is 5. The third-order valence-electron chi connectivity index (χ3n) is 6.00. The monoisotopic (exact) mass is 464 g/mol. The molecule has 33 heavy (non-hydrogen) atoms. The Morgan fingerprint density at radius 2 is 1.85 bits per heavy atom. The molecule has 0 saturated carbocycles. The van der Waals surface area contributed by atoms with E-state index in [1.807, 2.05) is 37.3 Å². The number of rotatable bonds is 5. The van der Waals surface area contributed by atoms with E-state index in [1.165, 1.54) is 4.31 Å². The highest BCUT2D eigenvalue weighted by atomic mass is 32.2. The first-order chi connectivity index (χ1) is 15.9. The van der Waals surface area contributed by atoms with Crippen molar-refractivity contribution in [3.8, 4) is 0 Å². The maximum atomic E-state index is 13.2. The van der Waals surface area contributed by atoms with E-state index < -0.39 is 10.0 Å². The van der Waals surface area contributed by atoms with Crippen LogP contribution >= 0.6 is 0 Å². The van der Waals surface area contributed by atoms with Crippen LogP contribution in [0.25, 0.3) is 11.2 Å². The van der Waals surface area contributed by atoms with Gasteiger partial charge in [0.25, 0.3) is 5.56 Å². The predicted octanol–water partition coefficient (Wildman–Crippen LogP) is 2.44. The Kier molecular flexibility index (Phi) is 5.55. The molecule has 0 amide bonds. The van der Waals surface area contributed by atoms with Gasteiger partial charge in [0.2, 0.25) is 10.0 Å². The van der Waals surface area contributed by atoms with Crippen LogP contribution in [0.2, 0.25) is 0 Å². The Labute approximate surface area is 191 Å². The van der Waals surface area contributed by atoms with Gasteiger partial charge in [-0.3, -0.25) is 4.79 Å². The molecule has 1 aliphatic rings. The SMILES string of the molecule is Cc1ccc(S(=O)(=O)N2CCC[C@H](c3nc4c(nnn4Cc4ccccc4)c(=O)[nH]3)C2)cc1. The minimum Gasteiger partial charge on any atom is -0.308 e. The number of aryl methyl sites for hydroxylation is 1. The second kappa shape index (κ2) is 8.53. The smallest absolute Gasteiger partial charge is 0.281 e. The molecule has 1 aliphatic heterocycles. The maximum absolute atomic E-state index is 13.2. The largest absolute Gasteiger partial charge is 0.308 e. The van der Waals surface area contributed by atoms with Gasteiger partial charge in [-0.25, -0.2) is 18.1 Å². The molecule has 170 valence electrons. The van der Waals surface area contributed by atoms with Gasteiger partial charge in [0.15, 0.2) is 11.2 Å². The fourth-order valence-corrected chi connectivity index (χ4v) is 5.71. The molecule has 5 rings (SSSR count). The van der Waals surface area contributed by atoms with Crippen LogP contribution in [0.1, 0.15) is 35.7 Å². The second-order valence-corrected chi connectivity index (χ2v) is 10.3. The van der Waals surface area contributed by atoms with Crippen molar-refractivity contribution < 1.29 is 8.42 Å². The van der Waals surface area contributed by atoms with Gasteiger partial charge in [0.1, 0.15) is 5.82 Å². The molecule has 1 N–H and O–H groups in total. The van der Waals surface area contributed by atoms with Crippen LogP contribution in [0.3, 0.4) is 0 Å². The van der Waals surface area contributed by atoms with Crippen molar-refractivity contribution in [1.29, 1.82) is 0 Å². The van der Waals surface area contributed by atoms with Crippen molar-refractivity contribution in [3.05, 3.63) is 81.9 Å². The number of benzene rings is 2. The lowest BCUT2D eigenvalue weighted by molar-refractivity contribution is 0.309. The third-order valence-corrected chi connectivity index (χ3v) is 7.88. The Morgan fingerprint density at radius 1 is 1.09 bits per heavy atom. The fourth-order valence-electron chi connectivity index (χ4n) is 4.18. The van der Waals surface area contributed by atoms with Crippen molar-refractivity contribution in [2.75, 3.05) is 13.1 Å². The van der Waals surface area contributed by atoms with Crippen molar-refractivity contribution in [2.24, 2.45) is 0 Å². The van der Waals surface area contributed by atoms with Crippen LogP contribution in [-0.2, 0) is 16.6 Å². The lowest BCUT2D eigenvalue weighted by Crippen LogP contribution is -2.39. The van der Waals surface area contributed by atoms with Gasteiger partial charge < -0.3 is 4.98 Å². The zero-order chi connectivity index (χ0) is 23.0. The van der Waals surface area contributed by atoms with E-state index in [9.17, 15) is 13.2 Å². The molecule has 3 heterocycles. The van der Waals surface area contributed by atoms with Gasteiger partial charge in [0, 0.05) is 19.0 Å². The Hall–Kier alpha value is -3.37. The van der Waals surface area contributed by atoms with E-state index in [0.29, 0.717) is 31.0 Å².